The molecule has 6 heteroatoms. The van der Waals surface area contributed by atoms with E-state index in [0.29, 0.717) is 12.1 Å². The van der Waals surface area contributed by atoms with E-state index in [2.05, 4.69) is 20.2 Å². The average Bonchev–Trinajstić information content (AvgIpc) is 2.89. The van der Waals surface area contributed by atoms with Gasteiger partial charge in [0.1, 0.15) is 0 Å². The molecule has 0 saturated heterocycles. The first-order valence-electron chi connectivity index (χ1n) is 6.06. The van der Waals surface area contributed by atoms with E-state index in [4.69, 9.17) is 0 Å². The molecule has 2 N–H and O–H groups in total. The quantitative estimate of drug-likeness (QED) is 0.879. The normalized spacial score (nSPS) is 10.5. The Morgan fingerprint density at radius 1 is 1.42 bits per heavy atom. The van der Waals surface area contributed by atoms with Crippen molar-refractivity contribution in [2.75, 3.05) is 5.32 Å². The summed E-state index contributed by atoms with van der Waals surface area (Å²) in [5, 5.41) is 11.9. The Morgan fingerprint density at radius 2 is 2.26 bits per heavy atom. The second-order valence-corrected chi connectivity index (χ2v) is 5.07. The van der Waals surface area contributed by atoms with Gasteiger partial charge in [-0.1, -0.05) is 10.6 Å². The molecule has 2 rings (SSSR count). The number of nitrogens with one attached hydrogen (secondary N) is 2. The number of rotatable bonds is 5. The molecular weight excluding hydrogens is 260 g/mol. The van der Waals surface area contributed by atoms with Crippen LogP contribution in [0.15, 0.2) is 29.6 Å². The zero-order chi connectivity index (χ0) is 13.7. The van der Waals surface area contributed by atoms with Crippen molar-refractivity contribution in [3.63, 3.8) is 0 Å². The highest BCUT2D eigenvalue weighted by atomic mass is 32.1. The summed E-state index contributed by atoms with van der Waals surface area (Å²) < 4.78 is 3.80. The minimum atomic E-state index is -0.0611. The summed E-state index contributed by atoms with van der Waals surface area (Å²) in [7, 11) is 0. The third-order valence-electron chi connectivity index (χ3n) is 2.42. The van der Waals surface area contributed by atoms with E-state index in [9.17, 15) is 4.79 Å². The highest BCUT2D eigenvalue weighted by Crippen LogP contribution is 2.12. The highest BCUT2D eigenvalue weighted by molar-refractivity contribution is 7.03. The summed E-state index contributed by atoms with van der Waals surface area (Å²) in [4.78, 5) is 11.9. The molecule has 1 aromatic carbocycles. The Balaban J connectivity index is 2.00. The van der Waals surface area contributed by atoms with Crippen molar-refractivity contribution in [2.24, 2.45) is 0 Å². The molecule has 0 spiro atoms. The maximum atomic E-state index is 11.9. The first-order valence-corrected chi connectivity index (χ1v) is 6.89. The fourth-order valence-corrected chi connectivity index (χ4v) is 2.02. The van der Waals surface area contributed by atoms with Crippen LogP contribution in [0.5, 0.6) is 0 Å². The molecular formula is C13H16N4OS. The van der Waals surface area contributed by atoms with Gasteiger partial charge in [0.25, 0.3) is 5.91 Å². The first kappa shape index (κ1) is 13.5. The molecule has 0 aliphatic rings. The fourth-order valence-electron chi connectivity index (χ4n) is 1.57. The molecule has 5 nitrogen and oxygen atoms in total. The number of hydrogen-bond donors (Lipinski definition) is 2. The molecule has 0 unspecified atom stereocenters. The molecule has 100 valence electrons. The number of carbonyl (C=O) groups is 1. The van der Waals surface area contributed by atoms with Gasteiger partial charge in [0.05, 0.1) is 12.2 Å². The summed E-state index contributed by atoms with van der Waals surface area (Å²) in [6.07, 6.45) is 0. The summed E-state index contributed by atoms with van der Waals surface area (Å²) in [6, 6.07) is 7.54. The van der Waals surface area contributed by atoms with Gasteiger partial charge in [-0.2, -0.15) is 0 Å². The van der Waals surface area contributed by atoms with Crippen LogP contribution in [-0.2, 0) is 6.54 Å². The monoisotopic (exact) mass is 276 g/mol. The lowest BCUT2D eigenvalue weighted by Crippen LogP contribution is -2.30. The molecule has 0 atom stereocenters. The van der Waals surface area contributed by atoms with Gasteiger partial charge < -0.3 is 10.6 Å². The first-order chi connectivity index (χ1) is 9.15. The van der Waals surface area contributed by atoms with Crippen LogP contribution in [0, 0.1) is 0 Å². The van der Waals surface area contributed by atoms with Gasteiger partial charge in [0.15, 0.2) is 0 Å². The van der Waals surface area contributed by atoms with Crippen LogP contribution in [0.4, 0.5) is 5.69 Å². The molecule has 0 aliphatic heterocycles. The van der Waals surface area contributed by atoms with Gasteiger partial charge >= 0.3 is 0 Å². The zero-order valence-corrected chi connectivity index (χ0v) is 11.7. The number of nitrogens with zero attached hydrogens (tertiary/aromatic N) is 2. The van der Waals surface area contributed by atoms with Crippen LogP contribution in [-0.4, -0.2) is 21.5 Å². The van der Waals surface area contributed by atoms with Gasteiger partial charge in [0, 0.05) is 22.7 Å². The van der Waals surface area contributed by atoms with E-state index in [1.165, 1.54) is 11.5 Å². The van der Waals surface area contributed by atoms with Gasteiger partial charge in [0.2, 0.25) is 0 Å². The Bertz CT molecular complexity index is 539. The SMILES string of the molecule is CC(C)NC(=O)c1cccc(NCc2csnn2)c1. The van der Waals surface area contributed by atoms with Crippen LogP contribution in [0.3, 0.4) is 0 Å². The van der Waals surface area contributed by atoms with Crippen molar-refractivity contribution in [2.45, 2.75) is 26.4 Å². The number of anilines is 1. The van der Waals surface area contributed by atoms with E-state index in [-0.39, 0.29) is 11.9 Å². The van der Waals surface area contributed by atoms with Crippen molar-refractivity contribution in [1.82, 2.24) is 14.9 Å². The number of aromatic nitrogens is 2. The molecule has 0 fully saturated rings. The maximum absolute atomic E-state index is 11.9. The molecule has 1 amide bonds. The van der Waals surface area contributed by atoms with Crippen molar-refractivity contribution in [3.05, 3.63) is 40.9 Å². The summed E-state index contributed by atoms with van der Waals surface area (Å²) in [5.74, 6) is -0.0611. The minimum absolute atomic E-state index is 0.0611. The van der Waals surface area contributed by atoms with Crippen LogP contribution < -0.4 is 10.6 Å². The van der Waals surface area contributed by atoms with E-state index in [0.717, 1.165) is 11.4 Å². The molecule has 0 aliphatic carbocycles. The second-order valence-electron chi connectivity index (χ2n) is 4.46. The predicted octanol–water partition coefficient (Wildman–Crippen LogP) is 2.29. The Labute approximate surface area is 116 Å². The number of benzene rings is 1. The molecule has 1 heterocycles. The molecule has 0 bridgehead atoms. The Hall–Kier alpha value is -1.95. The lowest BCUT2D eigenvalue weighted by atomic mass is 10.1. The van der Waals surface area contributed by atoms with E-state index < -0.39 is 0 Å². The van der Waals surface area contributed by atoms with E-state index in [1.54, 1.807) is 6.07 Å². The predicted molar refractivity (Wildman–Crippen MR) is 76.3 cm³/mol. The maximum Gasteiger partial charge on any atom is 0.251 e. The largest absolute Gasteiger partial charge is 0.379 e. The van der Waals surface area contributed by atoms with E-state index in [1.807, 2.05) is 37.4 Å². The lowest BCUT2D eigenvalue weighted by molar-refractivity contribution is 0.0943. The van der Waals surface area contributed by atoms with Crippen molar-refractivity contribution in [3.8, 4) is 0 Å². The molecule has 19 heavy (non-hydrogen) atoms. The van der Waals surface area contributed by atoms with Crippen LogP contribution >= 0.6 is 11.5 Å². The standard InChI is InChI=1S/C13H16N4OS/c1-9(2)15-13(18)10-4-3-5-11(6-10)14-7-12-8-19-17-16-12/h3-6,8-9,14H,7H2,1-2H3,(H,15,18). The van der Waals surface area contributed by atoms with E-state index >= 15 is 0 Å². The van der Waals surface area contributed by atoms with Crippen molar-refractivity contribution >= 4 is 23.1 Å². The van der Waals surface area contributed by atoms with Gasteiger partial charge in [-0.25, -0.2) is 0 Å². The highest BCUT2D eigenvalue weighted by Gasteiger charge is 2.07. The van der Waals surface area contributed by atoms with Crippen molar-refractivity contribution in [1.29, 1.82) is 0 Å². The Kier molecular flexibility index (Phi) is 4.46. The van der Waals surface area contributed by atoms with Crippen molar-refractivity contribution < 1.29 is 4.79 Å². The third kappa shape index (κ3) is 4.03. The van der Waals surface area contributed by atoms with Crippen LogP contribution in [0.2, 0.25) is 0 Å². The van der Waals surface area contributed by atoms with Crippen LogP contribution in [0.25, 0.3) is 0 Å². The third-order valence-corrected chi connectivity index (χ3v) is 2.98. The molecule has 0 radical (unpaired) electrons. The summed E-state index contributed by atoms with van der Waals surface area (Å²) in [6.45, 7) is 4.48. The van der Waals surface area contributed by atoms with Gasteiger partial charge in [-0.3, -0.25) is 4.79 Å². The van der Waals surface area contributed by atoms with Gasteiger partial charge in [-0.15, -0.1) is 5.10 Å². The summed E-state index contributed by atoms with van der Waals surface area (Å²) >= 11 is 1.32. The van der Waals surface area contributed by atoms with Gasteiger partial charge in [-0.05, 0) is 43.6 Å². The molecule has 0 saturated carbocycles. The number of carbonyl (C=O) groups excluding carboxylic acids is 1. The zero-order valence-electron chi connectivity index (χ0n) is 10.9. The topological polar surface area (TPSA) is 66.9 Å². The smallest absolute Gasteiger partial charge is 0.251 e. The average molecular weight is 276 g/mol. The summed E-state index contributed by atoms with van der Waals surface area (Å²) in [5.41, 5.74) is 2.43. The Morgan fingerprint density at radius 3 is 2.95 bits per heavy atom. The molecule has 1 aromatic heterocycles. The number of amides is 1. The number of hydrogen-bond acceptors (Lipinski definition) is 5. The molecule has 2 aromatic rings. The lowest BCUT2D eigenvalue weighted by Gasteiger charge is -2.10. The fraction of sp³-hybridized carbons (Fsp3) is 0.308. The van der Waals surface area contributed by atoms with Crippen LogP contribution in [0.1, 0.15) is 29.9 Å². The second kappa shape index (κ2) is 6.29. The minimum Gasteiger partial charge on any atom is -0.379 e.